The van der Waals surface area contributed by atoms with E-state index in [1.165, 1.54) is 26.4 Å². The number of ether oxygens (including phenoxy) is 1. The number of nitrogens with zero attached hydrogens (tertiary/aromatic N) is 2. The van der Waals surface area contributed by atoms with Crippen LogP contribution in [0.3, 0.4) is 0 Å². The van der Waals surface area contributed by atoms with E-state index in [2.05, 4.69) is 16.8 Å². The van der Waals surface area contributed by atoms with Crippen LogP contribution in [-0.4, -0.2) is 30.6 Å². The summed E-state index contributed by atoms with van der Waals surface area (Å²) in [5.41, 5.74) is 0.529. The average Bonchev–Trinajstić information content (AvgIpc) is 2.54. The van der Waals surface area contributed by atoms with Gasteiger partial charge in [-0.3, -0.25) is 0 Å². The number of pyridine rings is 1. The molecule has 1 fully saturated rings. The number of benzene rings is 1. The molecule has 0 aliphatic carbocycles. The molecule has 1 aliphatic rings. The number of carbonyl (C=O) groups is 1. The van der Waals surface area contributed by atoms with E-state index in [9.17, 15) is 4.79 Å². The van der Waals surface area contributed by atoms with Gasteiger partial charge in [-0.1, -0.05) is 24.3 Å². The Morgan fingerprint density at radius 2 is 2.05 bits per heavy atom. The van der Waals surface area contributed by atoms with Gasteiger partial charge in [0.2, 0.25) is 0 Å². The number of hydrogen-bond donors (Lipinski definition) is 0. The summed E-state index contributed by atoms with van der Waals surface area (Å²) in [7, 11) is 1.40. The summed E-state index contributed by atoms with van der Waals surface area (Å²) in [5.74, 6) is 0.641. The molecule has 0 saturated carbocycles. The molecule has 1 atom stereocenters. The van der Waals surface area contributed by atoms with Crippen LogP contribution in [0.1, 0.15) is 36.5 Å². The summed E-state index contributed by atoms with van der Waals surface area (Å²) in [5, 5.41) is 1.93. The zero-order valence-electron chi connectivity index (χ0n) is 12.5. The smallest absolute Gasteiger partial charge is 0.340 e. The maximum atomic E-state index is 11.9. The number of hydrogen-bond acceptors (Lipinski definition) is 4. The van der Waals surface area contributed by atoms with Crippen LogP contribution < -0.4 is 4.90 Å². The normalized spacial score (nSPS) is 18.8. The third-order valence-corrected chi connectivity index (χ3v) is 4.25. The molecule has 4 heteroatoms. The lowest BCUT2D eigenvalue weighted by Crippen LogP contribution is -2.38. The summed E-state index contributed by atoms with van der Waals surface area (Å²) in [6, 6.07) is 8.41. The van der Waals surface area contributed by atoms with E-state index in [4.69, 9.17) is 4.74 Å². The van der Waals surface area contributed by atoms with Crippen LogP contribution in [-0.2, 0) is 4.74 Å². The first kappa shape index (κ1) is 13.9. The second-order valence-corrected chi connectivity index (χ2v) is 5.57. The molecule has 0 spiro atoms. The van der Waals surface area contributed by atoms with Crippen molar-refractivity contribution in [2.45, 2.75) is 32.2 Å². The first-order valence-electron chi connectivity index (χ1n) is 7.45. The van der Waals surface area contributed by atoms with E-state index in [1.54, 1.807) is 6.20 Å². The number of rotatable bonds is 2. The lowest BCUT2D eigenvalue weighted by molar-refractivity contribution is 0.0602. The van der Waals surface area contributed by atoms with Crippen LogP contribution >= 0.6 is 0 Å². The van der Waals surface area contributed by atoms with Crippen molar-refractivity contribution < 1.29 is 9.53 Å². The van der Waals surface area contributed by atoms with Gasteiger partial charge >= 0.3 is 5.97 Å². The molecule has 110 valence electrons. The van der Waals surface area contributed by atoms with Gasteiger partial charge in [0.1, 0.15) is 5.82 Å². The highest BCUT2D eigenvalue weighted by Gasteiger charge is 2.23. The van der Waals surface area contributed by atoms with Gasteiger partial charge in [-0.2, -0.15) is 0 Å². The van der Waals surface area contributed by atoms with E-state index in [1.807, 2.05) is 24.3 Å². The van der Waals surface area contributed by atoms with E-state index in [0.29, 0.717) is 11.6 Å². The van der Waals surface area contributed by atoms with Crippen molar-refractivity contribution in [1.82, 2.24) is 4.98 Å². The van der Waals surface area contributed by atoms with Gasteiger partial charge in [0, 0.05) is 29.6 Å². The van der Waals surface area contributed by atoms with Gasteiger partial charge in [0.15, 0.2) is 0 Å². The highest BCUT2D eigenvalue weighted by atomic mass is 16.5. The molecule has 3 rings (SSSR count). The standard InChI is InChI=1S/C17H20N2O2/c1-12-7-5-6-10-19(12)16-14-9-4-3-8-13(14)15(11-18-16)17(20)21-2/h3-4,8-9,11-12H,5-7,10H2,1-2H3. The van der Waals surface area contributed by atoms with Crippen LogP contribution in [0.4, 0.5) is 5.82 Å². The summed E-state index contributed by atoms with van der Waals surface area (Å²) in [6.45, 7) is 3.26. The molecule has 21 heavy (non-hydrogen) atoms. The number of anilines is 1. The van der Waals surface area contributed by atoms with Gasteiger partial charge in [0.25, 0.3) is 0 Å². The minimum Gasteiger partial charge on any atom is -0.465 e. The van der Waals surface area contributed by atoms with E-state index in [0.717, 1.165) is 23.1 Å². The van der Waals surface area contributed by atoms with Crippen molar-refractivity contribution >= 4 is 22.6 Å². The second-order valence-electron chi connectivity index (χ2n) is 5.57. The van der Waals surface area contributed by atoms with Crippen LogP contribution in [0.15, 0.2) is 30.5 Å². The van der Waals surface area contributed by atoms with Crippen LogP contribution in [0.25, 0.3) is 10.8 Å². The molecule has 1 aromatic heterocycles. The summed E-state index contributed by atoms with van der Waals surface area (Å²) in [4.78, 5) is 18.8. The molecule has 0 radical (unpaired) electrons. The average molecular weight is 284 g/mol. The van der Waals surface area contributed by atoms with Gasteiger partial charge in [-0.05, 0) is 26.2 Å². The molecular weight excluding hydrogens is 264 g/mol. The Bertz CT molecular complexity index is 669. The van der Waals surface area contributed by atoms with Crippen molar-refractivity contribution in [2.24, 2.45) is 0 Å². The first-order valence-corrected chi connectivity index (χ1v) is 7.45. The Kier molecular flexibility index (Phi) is 3.78. The molecule has 0 N–H and O–H groups in total. The van der Waals surface area contributed by atoms with E-state index in [-0.39, 0.29) is 5.97 Å². The summed E-state index contributed by atoms with van der Waals surface area (Å²) >= 11 is 0. The predicted octanol–water partition coefficient (Wildman–Crippen LogP) is 3.40. The zero-order valence-corrected chi connectivity index (χ0v) is 12.5. The van der Waals surface area contributed by atoms with Crippen molar-refractivity contribution in [3.63, 3.8) is 0 Å². The van der Waals surface area contributed by atoms with Gasteiger partial charge in [-0.25, -0.2) is 9.78 Å². The number of piperidine rings is 1. The molecule has 1 aliphatic heterocycles. The molecular formula is C17H20N2O2. The Morgan fingerprint density at radius 1 is 1.29 bits per heavy atom. The molecule has 0 amide bonds. The number of methoxy groups -OCH3 is 1. The molecule has 1 aromatic carbocycles. The minimum atomic E-state index is -0.336. The quantitative estimate of drug-likeness (QED) is 0.793. The molecule has 2 heterocycles. The topological polar surface area (TPSA) is 42.4 Å². The number of esters is 1. The zero-order chi connectivity index (χ0) is 14.8. The number of fused-ring (bicyclic) bond motifs is 1. The van der Waals surface area contributed by atoms with Crippen molar-refractivity contribution in [1.29, 1.82) is 0 Å². The highest BCUT2D eigenvalue weighted by Crippen LogP contribution is 2.31. The van der Waals surface area contributed by atoms with Crippen molar-refractivity contribution in [2.75, 3.05) is 18.6 Å². The molecule has 1 saturated heterocycles. The lowest BCUT2D eigenvalue weighted by atomic mass is 10.0. The summed E-state index contributed by atoms with van der Waals surface area (Å²) < 4.78 is 4.86. The molecule has 0 bridgehead atoms. The fourth-order valence-corrected chi connectivity index (χ4v) is 3.09. The largest absolute Gasteiger partial charge is 0.465 e. The Hall–Kier alpha value is -2.10. The maximum Gasteiger partial charge on any atom is 0.340 e. The van der Waals surface area contributed by atoms with Crippen molar-refractivity contribution in [3.8, 4) is 0 Å². The molecule has 1 unspecified atom stereocenters. The third kappa shape index (κ3) is 2.46. The lowest BCUT2D eigenvalue weighted by Gasteiger charge is -2.35. The molecule has 2 aromatic rings. The van der Waals surface area contributed by atoms with Crippen molar-refractivity contribution in [3.05, 3.63) is 36.0 Å². The predicted molar refractivity (Wildman–Crippen MR) is 83.7 cm³/mol. The Morgan fingerprint density at radius 3 is 2.76 bits per heavy atom. The number of aromatic nitrogens is 1. The number of carbonyl (C=O) groups excluding carboxylic acids is 1. The van der Waals surface area contributed by atoms with Gasteiger partial charge in [-0.15, -0.1) is 0 Å². The van der Waals surface area contributed by atoms with E-state index >= 15 is 0 Å². The highest BCUT2D eigenvalue weighted by molar-refractivity contribution is 6.07. The van der Waals surface area contributed by atoms with Crippen LogP contribution in [0.2, 0.25) is 0 Å². The van der Waals surface area contributed by atoms with Gasteiger partial charge < -0.3 is 9.64 Å². The Balaban J connectivity index is 2.14. The maximum absolute atomic E-state index is 11.9. The summed E-state index contributed by atoms with van der Waals surface area (Å²) in [6.07, 6.45) is 5.30. The van der Waals surface area contributed by atoms with Crippen LogP contribution in [0, 0.1) is 0 Å². The first-order chi connectivity index (χ1) is 10.2. The van der Waals surface area contributed by atoms with Crippen LogP contribution in [0.5, 0.6) is 0 Å². The second kappa shape index (κ2) is 5.72. The Labute approximate surface area is 124 Å². The van der Waals surface area contributed by atoms with E-state index < -0.39 is 0 Å². The monoisotopic (exact) mass is 284 g/mol. The molecule has 4 nitrogen and oxygen atoms in total. The minimum absolute atomic E-state index is 0.336. The fourth-order valence-electron chi connectivity index (χ4n) is 3.09. The fraction of sp³-hybridized carbons (Fsp3) is 0.412. The third-order valence-electron chi connectivity index (χ3n) is 4.25. The SMILES string of the molecule is COC(=O)c1cnc(N2CCCCC2C)c2ccccc12. The van der Waals surface area contributed by atoms with Gasteiger partial charge in [0.05, 0.1) is 12.7 Å².